The molecule has 1 aromatic heterocycles. The van der Waals surface area contributed by atoms with Crippen LogP contribution in [0.2, 0.25) is 0 Å². The zero-order valence-electron chi connectivity index (χ0n) is 14.1. The van der Waals surface area contributed by atoms with Gasteiger partial charge in [0.1, 0.15) is 11.0 Å². The van der Waals surface area contributed by atoms with E-state index in [2.05, 4.69) is 20.8 Å². The minimum absolute atomic E-state index is 0.0598. The molecule has 2 rings (SSSR count). The summed E-state index contributed by atoms with van der Waals surface area (Å²) in [6.07, 6.45) is 0. The van der Waals surface area contributed by atoms with Gasteiger partial charge in [0, 0.05) is 19.7 Å². The first kappa shape index (κ1) is 17.9. The number of nitrogens with zero attached hydrogens (tertiary/aromatic N) is 3. The van der Waals surface area contributed by atoms with Crippen LogP contribution < -0.4 is 10.6 Å². The third kappa shape index (κ3) is 4.51. The summed E-state index contributed by atoms with van der Waals surface area (Å²) in [5.41, 5.74) is 0.941. The highest BCUT2D eigenvalue weighted by atomic mass is 32.1. The van der Waals surface area contributed by atoms with Crippen LogP contribution in [-0.2, 0) is 4.79 Å². The highest BCUT2D eigenvalue weighted by molar-refractivity contribution is 7.18. The molecule has 1 aromatic carbocycles. The van der Waals surface area contributed by atoms with E-state index in [-0.39, 0.29) is 17.9 Å². The number of benzene rings is 1. The molecule has 24 heavy (non-hydrogen) atoms. The van der Waals surface area contributed by atoms with Gasteiger partial charge in [0.15, 0.2) is 0 Å². The van der Waals surface area contributed by atoms with Crippen LogP contribution in [0.4, 0.5) is 9.93 Å². The van der Waals surface area contributed by atoms with Crippen molar-refractivity contribution in [3.05, 3.63) is 30.3 Å². The van der Waals surface area contributed by atoms with Crippen LogP contribution in [0.3, 0.4) is 0 Å². The summed E-state index contributed by atoms with van der Waals surface area (Å²) >= 11 is 1.29. The summed E-state index contributed by atoms with van der Waals surface area (Å²) in [6, 6.07) is 8.66. The molecule has 0 aliphatic carbocycles. The lowest BCUT2D eigenvalue weighted by Gasteiger charge is -2.23. The predicted octanol–water partition coefficient (Wildman–Crippen LogP) is 2.44. The minimum atomic E-state index is -0.649. The van der Waals surface area contributed by atoms with Gasteiger partial charge in [-0.2, -0.15) is 0 Å². The fraction of sp³-hybridized carbons (Fsp3) is 0.375. The van der Waals surface area contributed by atoms with Gasteiger partial charge in [0.05, 0.1) is 0 Å². The van der Waals surface area contributed by atoms with Crippen molar-refractivity contribution in [2.75, 3.05) is 19.4 Å². The maximum atomic E-state index is 12.5. The van der Waals surface area contributed by atoms with Crippen molar-refractivity contribution in [2.24, 2.45) is 5.92 Å². The topological polar surface area (TPSA) is 87.2 Å². The molecule has 0 saturated carbocycles. The van der Waals surface area contributed by atoms with Gasteiger partial charge in [0.2, 0.25) is 11.0 Å². The normalized spacial score (nSPS) is 11.9. The number of aromatic nitrogens is 2. The molecule has 0 saturated heterocycles. The molecule has 0 fully saturated rings. The minimum Gasteiger partial charge on any atom is -0.331 e. The summed E-state index contributed by atoms with van der Waals surface area (Å²) in [4.78, 5) is 25.7. The van der Waals surface area contributed by atoms with Gasteiger partial charge >= 0.3 is 6.03 Å². The highest BCUT2D eigenvalue weighted by Crippen LogP contribution is 2.26. The second-order valence-electron chi connectivity index (χ2n) is 5.83. The largest absolute Gasteiger partial charge is 0.331 e. The Kier molecular flexibility index (Phi) is 5.86. The number of carbonyl (C=O) groups excluding carboxylic acids is 2. The van der Waals surface area contributed by atoms with Crippen LogP contribution in [0.15, 0.2) is 30.3 Å². The molecule has 0 unspecified atom stereocenters. The molecule has 0 spiro atoms. The van der Waals surface area contributed by atoms with Crippen LogP contribution in [0.5, 0.6) is 0 Å². The van der Waals surface area contributed by atoms with Gasteiger partial charge < -0.3 is 10.2 Å². The standard InChI is InChI=1S/C16H21N5O2S/c1-10(2)12(17-16(23)21(3)4)13(22)18-15-20-19-14(24-15)11-8-6-5-7-9-11/h5-10,12H,1-4H3,(H,17,23)(H,18,20,22)/t12-/m1/s1. The molecule has 0 radical (unpaired) electrons. The quantitative estimate of drug-likeness (QED) is 0.870. The average molecular weight is 347 g/mol. The summed E-state index contributed by atoms with van der Waals surface area (Å²) in [6.45, 7) is 3.74. The van der Waals surface area contributed by atoms with Crippen LogP contribution in [0, 0.1) is 5.92 Å². The number of hydrogen-bond acceptors (Lipinski definition) is 5. The average Bonchev–Trinajstić information content (AvgIpc) is 3.01. The second kappa shape index (κ2) is 7.87. The number of hydrogen-bond donors (Lipinski definition) is 2. The Morgan fingerprint density at radius 1 is 1.12 bits per heavy atom. The lowest BCUT2D eigenvalue weighted by atomic mass is 10.0. The van der Waals surface area contributed by atoms with Gasteiger partial charge in [-0.1, -0.05) is 55.5 Å². The van der Waals surface area contributed by atoms with Crippen molar-refractivity contribution in [3.8, 4) is 10.6 Å². The molecule has 1 atom stereocenters. The summed E-state index contributed by atoms with van der Waals surface area (Å²) in [7, 11) is 3.25. The molecule has 1 heterocycles. The summed E-state index contributed by atoms with van der Waals surface area (Å²) < 4.78 is 0. The van der Waals surface area contributed by atoms with Crippen LogP contribution >= 0.6 is 11.3 Å². The molecule has 0 bridgehead atoms. The van der Waals surface area contributed by atoms with Crippen molar-refractivity contribution < 1.29 is 9.59 Å². The molecule has 0 aliphatic heterocycles. The van der Waals surface area contributed by atoms with E-state index in [0.717, 1.165) is 10.6 Å². The third-order valence-corrected chi connectivity index (χ3v) is 4.20. The van der Waals surface area contributed by atoms with Crippen molar-refractivity contribution in [1.29, 1.82) is 0 Å². The Bertz CT molecular complexity index is 700. The Hall–Kier alpha value is -2.48. The van der Waals surface area contributed by atoms with Gasteiger partial charge in [-0.3, -0.25) is 10.1 Å². The molecule has 7 nitrogen and oxygen atoms in total. The van der Waals surface area contributed by atoms with E-state index in [9.17, 15) is 9.59 Å². The van der Waals surface area contributed by atoms with E-state index in [1.54, 1.807) is 14.1 Å². The number of anilines is 1. The first-order chi connectivity index (χ1) is 11.4. The Morgan fingerprint density at radius 2 is 1.79 bits per heavy atom. The van der Waals surface area contributed by atoms with Crippen LogP contribution in [0.1, 0.15) is 13.8 Å². The fourth-order valence-corrected chi connectivity index (χ4v) is 2.70. The lowest BCUT2D eigenvalue weighted by molar-refractivity contribution is -0.118. The zero-order chi connectivity index (χ0) is 17.7. The Balaban J connectivity index is 2.07. The van der Waals surface area contributed by atoms with Crippen LogP contribution in [-0.4, -0.2) is 47.2 Å². The zero-order valence-corrected chi connectivity index (χ0v) is 14.9. The van der Waals surface area contributed by atoms with Crippen molar-refractivity contribution in [2.45, 2.75) is 19.9 Å². The van der Waals surface area contributed by atoms with Crippen LogP contribution in [0.25, 0.3) is 10.6 Å². The number of rotatable bonds is 5. The van der Waals surface area contributed by atoms with E-state index in [1.165, 1.54) is 16.2 Å². The Morgan fingerprint density at radius 3 is 2.38 bits per heavy atom. The molecular weight excluding hydrogens is 326 g/mol. The molecule has 0 aliphatic rings. The first-order valence-corrected chi connectivity index (χ1v) is 8.37. The Labute approximate surface area is 145 Å². The summed E-state index contributed by atoms with van der Waals surface area (Å²) in [5.74, 6) is -0.369. The number of amides is 3. The van der Waals surface area contributed by atoms with E-state index in [0.29, 0.717) is 5.13 Å². The van der Waals surface area contributed by atoms with Crippen molar-refractivity contribution in [3.63, 3.8) is 0 Å². The van der Waals surface area contributed by atoms with Gasteiger partial charge in [0.25, 0.3) is 0 Å². The molecule has 2 N–H and O–H groups in total. The van der Waals surface area contributed by atoms with Gasteiger partial charge in [-0.25, -0.2) is 4.79 Å². The highest BCUT2D eigenvalue weighted by Gasteiger charge is 2.25. The SMILES string of the molecule is CC(C)[C@@H](NC(=O)N(C)C)C(=O)Nc1nnc(-c2ccccc2)s1. The molecule has 128 valence electrons. The maximum Gasteiger partial charge on any atom is 0.317 e. The number of urea groups is 1. The van der Waals surface area contributed by atoms with E-state index < -0.39 is 6.04 Å². The fourth-order valence-electron chi connectivity index (χ4n) is 1.95. The maximum absolute atomic E-state index is 12.5. The van der Waals surface area contributed by atoms with E-state index >= 15 is 0 Å². The van der Waals surface area contributed by atoms with Crippen molar-refractivity contribution in [1.82, 2.24) is 20.4 Å². The first-order valence-electron chi connectivity index (χ1n) is 7.56. The lowest BCUT2D eigenvalue weighted by Crippen LogP contribution is -2.50. The molecule has 2 aromatic rings. The number of nitrogens with one attached hydrogen (secondary N) is 2. The summed E-state index contributed by atoms with van der Waals surface area (Å²) in [5, 5.41) is 14.7. The van der Waals surface area contributed by atoms with Gasteiger partial charge in [-0.05, 0) is 5.92 Å². The van der Waals surface area contributed by atoms with E-state index in [4.69, 9.17) is 0 Å². The van der Waals surface area contributed by atoms with Gasteiger partial charge in [-0.15, -0.1) is 10.2 Å². The predicted molar refractivity (Wildman–Crippen MR) is 94.8 cm³/mol. The second-order valence-corrected chi connectivity index (χ2v) is 6.81. The molecule has 3 amide bonds. The molecule has 8 heteroatoms. The third-order valence-electron chi connectivity index (χ3n) is 3.31. The van der Waals surface area contributed by atoms with E-state index in [1.807, 2.05) is 44.2 Å². The smallest absolute Gasteiger partial charge is 0.317 e. The number of carbonyl (C=O) groups is 2. The van der Waals surface area contributed by atoms with Crippen molar-refractivity contribution >= 4 is 28.4 Å². The molecular formula is C16H21N5O2S. The monoisotopic (exact) mass is 347 g/mol.